The number of thioether (sulfide) groups is 1. The van der Waals surface area contributed by atoms with Gasteiger partial charge in [0.1, 0.15) is 0 Å². The van der Waals surface area contributed by atoms with Gasteiger partial charge in [0.05, 0.1) is 5.25 Å². The molecule has 6 heteroatoms. The van der Waals surface area contributed by atoms with Gasteiger partial charge in [0.25, 0.3) is 0 Å². The standard InChI is InChI=1S/C22H24N4OS/c1-4-15-26-20(19-13-9-6-10-14-19)23-24-22(26)28-17(2)21(27)25(3)16-18-11-7-5-8-12-18/h4-14,17H,1,15-16H2,2-3H3/t17-/m1/s1. The molecule has 28 heavy (non-hydrogen) atoms. The predicted molar refractivity (Wildman–Crippen MR) is 114 cm³/mol. The van der Waals surface area contributed by atoms with Crippen molar-refractivity contribution >= 4 is 17.7 Å². The summed E-state index contributed by atoms with van der Waals surface area (Å²) < 4.78 is 1.99. The summed E-state index contributed by atoms with van der Waals surface area (Å²) in [6.07, 6.45) is 1.81. The van der Waals surface area contributed by atoms with Crippen molar-refractivity contribution in [1.29, 1.82) is 0 Å². The SMILES string of the molecule is C=CCn1c(S[C@H](C)C(=O)N(C)Cc2ccccc2)nnc1-c1ccccc1. The number of amides is 1. The van der Waals surface area contributed by atoms with Crippen LogP contribution in [0.25, 0.3) is 11.4 Å². The Bertz CT molecular complexity index is 924. The molecule has 0 saturated heterocycles. The zero-order valence-electron chi connectivity index (χ0n) is 16.2. The van der Waals surface area contributed by atoms with Gasteiger partial charge in [0, 0.05) is 25.7 Å². The number of benzene rings is 2. The van der Waals surface area contributed by atoms with Crippen LogP contribution in [-0.4, -0.2) is 37.9 Å². The average molecular weight is 393 g/mol. The molecule has 1 aromatic heterocycles. The van der Waals surface area contributed by atoms with E-state index in [4.69, 9.17) is 0 Å². The summed E-state index contributed by atoms with van der Waals surface area (Å²) in [6, 6.07) is 19.9. The molecule has 1 amide bonds. The van der Waals surface area contributed by atoms with Crippen LogP contribution in [-0.2, 0) is 17.9 Å². The topological polar surface area (TPSA) is 51.0 Å². The molecule has 144 valence electrons. The molecule has 0 bridgehead atoms. The minimum atomic E-state index is -0.273. The summed E-state index contributed by atoms with van der Waals surface area (Å²) >= 11 is 1.42. The maximum Gasteiger partial charge on any atom is 0.235 e. The number of nitrogens with zero attached hydrogens (tertiary/aromatic N) is 4. The van der Waals surface area contributed by atoms with E-state index in [1.165, 1.54) is 11.8 Å². The molecule has 0 unspecified atom stereocenters. The normalized spacial score (nSPS) is 11.8. The lowest BCUT2D eigenvalue weighted by molar-refractivity contribution is -0.129. The van der Waals surface area contributed by atoms with E-state index in [0.29, 0.717) is 18.2 Å². The van der Waals surface area contributed by atoms with E-state index >= 15 is 0 Å². The minimum absolute atomic E-state index is 0.0586. The molecule has 0 aliphatic carbocycles. The van der Waals surface area contributed by atoms with Crippen molar-refractivity contribution in [2.75, 3.05) is 7.05 Å². The van der Waals surface area contributed by atoms with Gasteiger partial charge in [-0.3, -0.25) is 9.36 Å². The van der Waals surface area contributed by atoms with E-state index < -0.39 is 0 Å². The van der Waals surface area contributed by atoms with Gasteiger partial charge in [-0.1, -0.05) is 78.5 Å². The van der Waals surface area contributed by atoms with E-state index in [0.717, 1.165) is 17.0 Å². The molecule has 0 radical (unpaired) electrons. The van der Waals surface area contributed by atoms with Crippen LogP contribution in [0.4, 0.5) is 0 Å². The molecular weight excluding hydrogens is 368 g/mol. The number of carbonyl (C=O) groups excluding carboxylic acids is 1. The molecule has 0 aliphatic rings. The first-order valence-electron chi connectivity index (χ1n) is 9.15. The summed E-state index contributed by atoms with van der Waals surface area (Å²) in [7, 11) is 1.83. The number of allylic oxidation sites excluding steroid dienone is 1. The van der Waals surface area contributed by atoms with Crippen molar-refractivity contribution in [2.45, 2.75) is 30.4 Å². The highest BCUT2D eigenvalue weighted by Crippen LogP contribution is 2.27. The zero-order chi connectivity index (χ0) is 19.9. The van der Waals surface area contributed by atoms with E-state index in [-0.39, 0.29) is 11.2 Å². The summed E-state index contributed by atoms with van der Waals surface area (Å²) in [5, 5.41) is 9.13. The van der Waals surface area contributed by atoms with Crippen molar-refractivity contribution in [3.05, 3.63) is 78.9 Å². The third-order valence-electron chi connectivity index (χ3n) is 4.33. The summed E-state index contributed by atoms with van der Waals surface area (Å²) in [5.74, 6) is 0.837. The smallest absolute Gasteiger partial charge is 0.235 e. The first-order chi connectivity index (χ1) is 13.6. The van der Waals surface area contributed by atoms with Crippen molar-refractivity contribution in [3.63, 3.8) is 0 Å². The Morgan fingerprint density at radius 3 is 2.43 bits per heavy atom. The molecule has 0 aliphatic heterocycles. The minimum Gasteiger partial charge on any atom is -0.340 e. The van der Waals surface area contributed by atoms with Crippen LogP contribution >= 0.6 is 11.8 Å². The van der Waals surface area contributed by atoms with Crippen molar-refractivity contribution in [3.8, 4) is 11.4 Å². The van der Waals surface area contributed by atoms with Crippen molar-refractivity contribution < 1.29 is 4.79 Å². The number of aromatic nitrogens is 3. The van der Waals surface area contributed by atoms with Crippen LogP contribution in [0.1, 0.15) is 12.5 Å². The van der Waals surface area contributed by atoms with E-state index in [2.05, 4.69) is 16.8 Å². The highest BCUT2D eigenvalue weighted by molar-refractivity contribution is 8.00. The maximum absolute atomic E-state index is 12.8. The molecule has 5 nitrogen and oxygen atoms in total. The van der Waals surface area contributed by atoms with Gasteiger partial charge in [-0.15, -0.1) is 16.8 Å². The number of hydrogen-bond acceptors (Lipinski definition) is 4. The maximum atomic E-state index is 12.8. The van der Waals surface area contributed by atoms with Crippen LogP contribution in [0.15, 0.2) is 78.5 Å². The lowest BCUT2D eigenvalue weighted by Crippen LogP contribution is -2.33. The lowest BCUT2D eigenvalue weighted by Gasteiger charge is -2.21. The fraction of sp³-hybridized carbons (Fsp3) is 0.227. The first-order valence-corrected chi connectivity index (χ1v) is 10.0. The largest absolute Gasteiger partial charge is 0.340 e. The summed E-state index contributed by atoms with van der Waals surface area (Å²) in [4.78, 5) is 14.6. The van der Waals surface area contributed by atoms with Gasteiger partial charge in [-0.2, -0.15) is 0 Å². The molecule has 0 saturated carbocycles. The van der Waals surface area contributed by atoms with Crippen LogP contribution in [0.5, 0.6) is 0 Å². The van der Waals surface area contributed by atoms with E-state index in [1.807, 2.05) is 85.3 Å². The molecule has 0 fully saturated rings. The quantitative estimate of drug-likeness (QED) is 0.424. The molecule has 3 aromatic rings. The zero-order valence-corrected chi connectivity index (χ0v) is 17.0. The van der Waals surface area contributed by atoms with Gasteiger partial charge < -0.3 is 4.90 Å². The second kappa shape index (κ2) is 9.37. The van der Waals surface area contributed by atoms with Crippen LogP contribution < -0.4 is 0 Å². The highest BCUT2D eigenvalue weighted by atomic mass is 32.2. The van der Waals surface area contributed by atoms with Crippen molar-refractivity contribution in [2.24, 2.45) is 0 Å². The van der Waals surface area contributed by atoms with E-state index in [1.54, 1.807) is 4.90 Å². The van der Waals surface area contributed by atoms with Gasteiger partial charge in [0.15, 0.2) is 11.0 Å². The van der Waals surface area contributed by atoms with Crippen molar-refractivity contribution in [1.82, 2.24) is 19.7 Å². The van der Waals surface area contributed by atoms with Crippen LogP contribution in [0, 0.1) is 0 Å². The molecular formula is C22H24N4OS. The van der Waals surface area contributed by atoms with Gasteiger partial charge in [-0.25, -0.2) is 0 Å². The Kier molecular flexibility index (Phi) is 6.66. The van der Waals surface area contributed by atoms with Crippen LogP contribution in [0.2, 0.25) is 0 Å². The second-order valence-electron chi connectivity index (χ2n) is 6.51. The molecule has 0 spiro atoms. The molecule has 3 rings (SSSR count). The summed E-state index contributed by atoms with van der Waals surface area (Å²) in [6.45, 7) is 6.91. The Balaban J connectivity index is 1.74. The molecule has 0 N–H and O–H groups in total. The van der Waals surface area contributed by atoms with Gasteiger partial charge in [0.2, 0.25) is 5.91 Å². The monoisotopic (exact) mass is 392 g/mol. The lowest BCUT2D eigenvalue weighted by atomic mass is 10.2. The third kappa shape index (κ3) is 4.70. The number of rotatable bonds is 8. The highest BCUT2D eigenvalue weighted by Gasteiger charge is 2.23. The fourth-order valence-electron chi connectivity index (χ4n) is 2.92. The van der Waals surface area contributed by atoms with E-state index in [9.17, 15) is 4.79 Å². The average Bonchev–Trinajstić information content (AvgIpc) is 3.11. The number of hydrogen-bond donors (Lipinski definition) is 0. The van der Waals surface area contributed by atoms with Crippen LogP contribution in [0.3, 0.4) is 0 Å². The van der Waals surface area contributed by atoms with Gasteiger partial charge in [-0.05, 0) is 12.5 Å². The Morgan fingerprint density at radius 1 is 1.14 bits per heavy atom. The molecule has 1 atom stereocenters. The first kappa shape index (κ1) is 19.9. The van der Waals surface area contributed by atoms with Gasteiger partial charge >= 0.3 is 0 Å². The molecule has 2 aromatic carbocycles. The Labute approximate surface area is 170 Å². The third-order valence-corrected chi connectivity index (χ3v) is 5.40. The fourth-order valence-corrected chi connectivity index (χ4v) is 3.90. The predicted octanol–water partition coefficient (Wildman–Crippen LogP) is 4.27. The number of carbonyl (C=O) groups is 1. The summed E-state index contributed by atoms with van der Waals surface area (Å²) in [5.41, 5.74) is 2.10. The molecule has 1 heterocycles. The second-order valence-corrected chi connectivity index (χ2v) is 7.82. The Morgan fingerprint density at radius 2 is 1.79 bits per heavy atom. The Hall–Kier alpha value is -2.86.